The Bertz CT molecular complexity index is 964. The third kappa shape index (κ3) is 3.20. The van der Waals surface area contributed by atoms with Gasteiger partial charge in [-0.05, 0) is 55.7 Å². The fraction of sp³-hybridized carbons (Fsp3) is 0.350. The molecule has 1 aromatic heterocycles. The Kier molecular flexibility index (Phi) is 4.22. The third-order valence-electron chi connectivity index (χ3n) is 5.46. The summed E-state index contributed by atoms with van der Waals surface area (Å²) in [4.78, 5) is 38.2. The maximum atomic E-state index is 12.7. The summed E-state index contributed by atoms with van der Waals surface area (Å²) in [6.07, 6.45) is 0.973. The number of Topliss-reactive ketones (excluding diaryl/α,β-unsaturated/α-hetero) is 1. The zero-order chi connectivity index (χ0) is 19.1. The van der Waals surface area contributed by atoms with Crippen molar-refractivity contribution >= 4 is 23.2 Å². The van der Waals surface area contributed by atoms with Crippen molar-refractivity contribution in [3.63, 3.8) is 0 Å². The summed E-state index contributed by atoms with van der Waals surface area (Å²) in [6, 6.07) is 10.3. The number of rotatable bonds is 2. The number of carbonyl (C=O) groups excluding carboxylic acids is 2. The van der Waals surface area contributed by atoms with E-state index < -0.39 is 0 Å². The minimum atomic E-state index is -0.161. The van der Waals surface area contributed by atoms with Crippen LogP contribution in [0.4, 0.5) is 16.2 Å². The number of benzene rings is 1. The number of pyridine rings is 1. The van der Waals surface area contributed by atoms with Gasteiger partial charge in [0, 0.05) is 42.5 Å². The molecule has 3 heterocycles. The number of likely N-dealkylation sites (tertiary alicyclic amines) is 1. The van der Waals surface area contributed by atoms with Gasteiger partial charge in [-0.25, -0.2) is 4.79 Å². The molecule has 1 saturated heterocycles. The first-order valence-electron chi connectivity index (χ1n) is 9.08. The molecular formula is C20H22N4O3. The monoisotopic (exact) mass is 366 g/mol. The number of hydrogen-bond acceptors (Lipinski definition) is 4. The molecule has 4 rings (SSSR count). The van der Waals surface area contributed by atoms with Crippen molar-refractivity contribution in [1.29, 1.82) is 0 Å². The number of ketones is 1. The van der Waals surface area contributed by atoms with Crippen LogP contribution >= 0.6 is 0 Å². The zero-order valence-electron chi connectivity index (χ0n) is 15.1. The van der Waals surface area contributed by atoms with Gasteiger partial charge in [-0.3, -0.25) is 9.59 Å². The van der Waals surface area contributed by atoms with Gasteiger partial charge in [0.1, 0.15) is 0 Å². The van der Waals surface area contributed by atoms with Gasteiger partial charge in [0.05, 0.1) is 5.69 Å². The molecule has 2 bridgehead atoms. The highest BCUT2D eigenvalue weighted by Gasteiger charge is 2.36. The van der Waals surface area contributed by atoms with E-state index >= 15 is 0 Å². The summed E-state index contributed by atoms with van der Waals surface area (Å²) >= 11 is 0. The van der Waals surface area contributed by atoms with Gasteiger partial charge >= 0.3 is 6.03 Å². The summed E-state index contributed by atoms with van der Waals surface area (Å²) in [7, 11) is 0. The number of nitrogens with zero attached hydrogens (tertiary/aromatic N) is 2. The van der Waals surface area contributed by atoms with Crippen LogP contribution in [0, 0.1) is 5.92 Å². The van der Waals surface area contributed by atoms with Crippen LogP contribution in [0.3, 0.4) is 0 Å². The topological polar surface area (TPSA) is 97.4 Å². The highest BCUT2D eigenvalue weighted by atomic mass is 16.2. The van der Waals surface area contributed by atoms with Crippen LogP contribution in [-0.4, -0.2) is 34.4 Å². The van der Waals surface area contributed by atoms with Gasteiger partial charge in [-0.1, -0.05) is 0 Å². The lowest BCUT2D eigenvalue weighted by atomic mass is 9.83. The third-order valence-corrected chi connectivity index (χ3v) is 5.46. The largest absolute Gasteiger partial charge is 0.394 e. The highest BCUT2D eigenvalue weighted by molar-refractivity contribution is 5.95. The van der Waals surface area contributed by atoms with Crippen LogP contribution in [0.2, 0.25) is 0 Å². The van der Waals surface area contributed by atoms with Crippen molar-refractivity contribution in [2.75, 3.05) is 24.1 Å². The van der Waals surface area contributed by atoms with Crippen LogP contribution in [0.15, 0.2) is 41.2 Å². The number of aromatic nitrogens is 1. The molecule has 0 saturated carbocycles. The fourth-order valence-electron chi connectivity index (χ4n) is 4.12. The molecule has 2 aliphatic rings. The van der Waals surface area contributed by atoms with E-state index in [4.69, 9.17) is 5.73 Å². The maximum Gasteiger partial charge on any atom is 0.321 e. The standard InChI is InChI=1S/C20H22N4O3/c1-12(25)14-2-4-16(5-3-14)22-20(27)23-9-13-8-15(11-23)18-7-6-17(21)19(26)24(18)10-13/h2-7,13,15H,8-11,21H2,1H3,(H,22,27)/t13-,15+/m0/s1. The van der Waals surface area contributed by atoms with E-state index in [9.17, 15) is 14.4 Å². The Morgan fingerprint density at radius 3 is 2.52 bits per heavy atom. The lowest BCUT2D eigenvalue weighted by Crippen LogP contribution is -2.50. The van der Waals surface area contributed by atoms with Crippen molar-refractivity contribution in [2.45, 2.75) is 25.8 Å². The van der Waals surface area contributed by atoms with E-state index in [0.717, 1.165) is 12.1 Å². The molecular weight excluding hydrogens is 344 g/mol. The van der Waals surface area contributed by atoms with E-state index in [1.54, 1.807) is 34.9 Å². The predicted octanol–water partition coefficient (Wildman–Crippen LogP) is 2.28. The highest BCUT2D eigenvalue weighted by Crippen LogP contribution is 2.35. The molecule has 140 valence electrons. The lowest BCUT2D eigenvalue weighted by molar-refractivity contribution is 0.101. The van der Waals surface area contributed by atoms with Crippen LogP contribution < -0.4 is 16.6 Å². The number of urea groups is 1. The molecule has 27 heavy (non-hydrogen) atoms. The first-order chi connectivity index (χ1) is 12.9. The molecule has 0 spiro atoms. The van der Waals surface area contributed by atoms with Crippen molar-refractivity contribution in [3.05, 3.63) is 58.0 Å². The number of piperidine rings is 1. The second-order valence-electron chi connectivity index (χ2n) is 7.40. The molecule has 1 aromatic carbocycles. The van der Waals surface area contributed by atoms with Gasteiger partial charge in [-0.2, -0.15) is 0 Å². The summed E-state index contributed by atoms with van der Waals surface area (Å²) < 4.78 is 1.77. The number of nitrogens with one attached hydrogen (secondary N) is 1. The number of hydrogen-bond donors (Lipinski definition) is 2. The van der Waals surface area contributed by atoms with Crippen LogP contribution in [0.5, 0.6) is 0 Å². The normalized spacial score (nSPS) is 20.7. The average molecular weight is 366 g/mol. The number of carbonyl (C=O) groups is 2. The van der Waals surface area contributed by atoms with E-state index in [1.165, 1.54) is 6.92 Å². The number of fused-ring (bicyclic) bond motifs is 4. The second-order valence-corrected chi connectivity index (χ2v) is 7.40. The van der Waals surface area contributed by atoms with E-state index in [2.05, 4.69) is 5.32 Å². The summed E-state index contributed by atoms with van der Waals surface area (Å²) in [5.74, 6) is 0.365. The molecule has 2 aromatic rings. The van der Waals surface area contributed by atoms with Gasteiger partial charge < -0.3 is 20.5 Å². The Labute approximate surface area is 156 Å². The molecule has 0 aliphatic carbocycles. The van der Waals surface area contributed by atoms with E-state index in [0.29, 0.717) is 30.9 Å². The molecule has 7 heteroatoms. The van der Waals surface area contributed by atoms with Gasteiger partial charge in [-0.15, -0.1) is 0 Å². The van der Waals surface area contributed by atoms with Crippen molar-refractivity contribution in [2.24, 2.45) is 5.92 Å². The lowest BCUT2D eigenvalue weighted by Gasteiger charge is -2.42. The van der Waals surface area contributed by atoms with Gasteiger partial charge in [0.25, 0.3) is 5.56 Å². The maximum absolute atomic E-state index is 12.7. The Balaban J connectivity index is 1.50. The van der Waals surface area contributed by atoms with Crippen molar-refractivity contribution < 1.29 is 9.59 Å². The van der Waals surface area contributed by atoms with Crippen LogP contribution in [0.25, 0.3) is 0 Å². The Morgan fingerprint density at radius 1 is 1.07 bits per heavy atom. The molecule has 3 N–H and O–H groups in total. The Morgan fingerprint density at radius 2 is 1.81 bits per heavy atom. The molecule has 0 unspecified atom stereocenters. The molecule has 7 nitrogen and oxygen atoms in total. The first kappa shape index (κ1) is 17.3. The molecule has 0 radical (unpaired) electrons. The predicted molar refractivity (Wildman–Crippen MR) is 103 cm³/mol. The minimum Gasteiger partial charge on any atom is -0.394 e. The second kappa shape index (κ2) is 6.57. The number of anilines is 2. The first-order valence-corrected chi connectivity index (χ1v) is 9.08. The summed E-state index contributed by atoms with van der Waals surface area (Å²) in [6.45, 7) is 3.27. The molecule has 2 atom stereocenters. The van der Waals surface area contributed by atoms with Crippen molar-refractivity contribution in [1.82, 2.24) is 9.47 Å². The quantitative estimate of drug-likeness (QED) is 0.797. The number of nitrogens with two attached hydrogens (primary N) is 1. The molecule has 2 amide bonds. The molecule has 2 aliphatic heterocycles. The Hall–Kier alpha value is -3.09. The smallest absolute Gasteiger partial charge is 0.321 e. The molecule has 1 fully saturated rings. The van der Waals surface area contributed by atoms with E-state index in [-0.39, 0.29) is 34.9 Å². The number of nitrogen functional groups attached to an aromatic ring is 1. The zero-order valence-corrected chi connectivity index (χ0v) is 15.1. The summed E-state index contributed by atoms with van der Waals surface area (Å²) in [5, 5.41) is 2.90. The van der Waals surface area contributed by atoms with Crippen molar-refractivity contribution in [3.8, 4) is 0 Å². The van der Waals surface area contributed by atoms with Crippen LogP contribution in [-0.2, 0) is 6.54 Å². The van der Waals surface area contributed by atoms with Crippen LogP contribution in [0.1, 0.15) is 35.3 Å². The van der Waals surface area contributed by atoms with Gasteiger partial charge in [0.15, 0.2) is 5.78 Å². The SMILES string of the molecule is CC(=O)c1ccc(NC(=O)N2C[C@@H]3C[C@H](C2)c2ccc(N)c(=O)n2C3)cc1. The average Bonchev–Trinajstić information content (AvgIpc) is 2.65. The summed E-state index contributed by atoms with van der Waals surface area (Å²) in [5.41, 5.74) is 8.11. The fourth-order valence-corrected chi connectivity index (χ4v) is 4.12. The van der Waals surface area contributed by atoms with Gasteiger partial charge in [0.2, 0.25) is 0 Å². The van der Waals surface area contributed by atoms with E-state index in [1.807, 2.05) is 11.0 Å². The minimum absolute atomic E-state index is 0.00808. The number of amides is 2.